The van der Waals surface area contributed by atoms with Gasteiger partial charge in [-0.2, -0.15) is 8.62 Å². The summed E-state index contributed by atoms with van der Waals surface area (Å²) in [7, 11) is -16.5. The standard InChI is InChI=1S/C8H12N3O14P3/c12-10(13)6-1-2-7(8(5-6)11(14)15)9-3-4-23-27(19,20)25-28(21,22)24-26(16,17)18/h1-2,5,9H,3-4H2,(H,19,20)(H,21,22)(H2,16,17,18). The molecule has 0 aliphatic carbocycles. The first-order valence-electron chi connectivity index (χ1n) is 6.57. The van der Waals surface area contributed by atoms with Crippen molar-refractivity contribution in [3.05, 3.63) is 38.4 Å². The first-order chi connectivity index (χ1) is 12.6. The van der Waals surface area contributed by atoms with Crippen molar-refractivity contribution in [2.75, 3.05) is 18.5 Å². The van der Waals surface area contributed by atoms with Gasteiger partial charge in [-0.25, -0.2) is 13.7 Å². The number of hydrogen-bond donors (Lipinski definition) is 5. The van der Waals surface area contributed by atoms with Crippen LogP contribution in [0.15, 0.2) is 18.2 Å². The maximum Gasteiger partial charge on any atom is 0.490 e. The minimum absolute atomic E-state index is 0.203. The van der Waals surface area contributed by atoms with E-state index in [0.717, 1.165) is 12.1 Å². The highest BCUT2D eigenvalue weighted by atomic mass is 31.3. The minimum Gasteiger partial charge on any atom is -0.377 e. The van der Waals surface area contributed by atoms with Crippen LogP contribution in [0.4, 0.5) is 17.1 Å². The zero-order chi connectivity index (χ0) is 21.8. The van der Waals surface area contributed by atoms with E-state index in [0.29, 0.717) is 6.07 Å². The third kappa shape index (κ3) is 8.50. The van der Waals surface area contributed by atoms with Gasteiger partial charge in [-0.1, -0.05) is 0 Å². The SMILES string of the molecule is O=[N+]([O-])c1ccc(NCCOP(=O)(O)OP(=O)(O)OP(=O)(O)O)c([N+](=O)[O-])c1. The highest BCUT2D eigenvalue weighted by Gasteiger charge is 2.40. The van der Waals surface area contributed by atoms with Gasteiger partial charge in [0.15, 0.2) is 0 Å². The van der Waals surface area contributed by atoms with Gasteiger partial charge < -0.3 is 24.9 Å². The summed E-state index contributed by atoms with van der Waals surface area (Å²) in [4.78, 5) is 54.7. The molecule has 17 nitrogen and oxygen atoms in total. The maximum absolute atomic E-state index is 11.5. The number of nitro benzene ring substituents is 2. The normalized spacial score (nSPS) is 16.0. The van der Waals surface area contributed by atoms with Crippen LogP contribution in [0.2, 0.25) is 0 Å². The number of benzene rings is 1. The predicted octanol–water partition coefficient (Wildman–Crippen LogP) is 1.26. The quantitative estimate of drug-likeness (QED) is 0.133. The molecule has 5 N–H and O–H groups in total. The number of hydrogen-bond acceptors (Lipinski definition) is 11. The Balaban J connectivity index is 2.68. The number of non-ortho nitro benzene ring substituents is 1. The third-order valence-electron chi connectivity index (χ3n) is 2.48. The van der Waals surface area contributed by atoms with E-state index < -0.39 is 57.8 Å². The summed E-state index contributed by atoms with van der Waals surface area (Å²) in [6, 6.07) is 2.63. The fraction of sp³-hybridized carbons (Fsp3) is 0.250. The van der Waals surface area contributed by atoms with Crippen molar-refractivity contribution >= 4 is 40.5 Å². The Morgan fingerprint density at radius 2 is 1.57 bits per heavy atom. The summed E-state index contributed by atoms with van der Waals surface area (Å²) in [6.45, 7) is -1.17. The molecule has 0 aliphatic rings. The average molecular weight is 467 g/mol. The lowest BCUT2D eigenvalue weighted by atomic mass is 10.2. The molecule has 0 spiro atoms. The number of nitro groups is 2. The largest absolute Gasteiger partial charge is 0.490 e. The molecule has 0 bridgehead atoms. The fourth-order valence-corrected chi connectivity index (χ4v) is 4.60. The summed E-state index contributed by atoms with van der Waals surface area (Å²) >= 11 is 0. The van der Waals surface area contributed by atoms with Gasteiger partial charge in [0.25, 0.3) is 11.4 Å². The molecule has 20 heteroatoms. The Bertz CT molecular complexity index is 898. The molecule has 0 radical (unpaired) electrons. The highest BCUT2D eigenvalue weighted by molar-refractivity contribution is 7.66. The molecule has 2 atom stereocenters. The fourth-order valence-electron chi connectivity index (χ4n) is 1.58. The van der Waals surface area contributed by atoms with E-state index in [2.05, 4.69) is 18.5 Å². The zero-order valence-electron chi connectivity index (χ0n) is 13.3. The molecule has 1 rings (SSSR count). The third-order valence-corrected chi connectivity index (χ3v) is 6.31. The van der Waals surface area contributed by atoms with Crippen LogP contribution in [0.3, 0.4) is 0 Å². The Morgan fingerprint density at radius 3 is 2.07 bits per heavy atom. The molecular weight excluding hydrogens is 455 g/mol. The molecule has 28 heavy (non-hydrogen) atoms. The average Bonchev–Trinajstić information content (AvgIpc) is 2.47. The first kappa shape index (κ1) is 24.3. The Hall–Kier alpha value is -1.77. The van der Waals surface area contributed by atoms with E-state index in [9.17, 15) is 38.8 Å². The molecule has 2 unspecified atom stereocenters. The predicted molar refractivity (Wildman–Crippen MR) is 88.1 cm³/mol. The Morgan fingerprint density at radius 1 is 0.964 bits per heavy atom. The van der Waals surface area contributed by atoms with Crippen LogP contribution >= 0.6 is 23.5 Å². The van der Waals surface area contributed by atoms with Gasteiger partial charge in [0.2, 0.25) is 0 Å². The van der Waals surface area contributed by atoms with Crippen molar-refractivity contribution in [3.63, 3.8) is 0 Å². The van der Waals surface area contributed by atoms with Gasteiger partial charge in [-0.05, 0) is 6.07 Å². The van der Waals surface area contributed by atoms with Crippen LogP contribution in [0.25, 0.3) is 0 Å². The first-order valence-corrected chi connectivity index (χ1v) is 11.1. The molecule has 0 aromatic heterocycles. The van der Waals surface area contributed by atoms with E-state index in [-0.39, 0.29) is 5.69 Å². The molecule has 1 aromatic rings. The maximum atomic E-state index is 11.5. The molecule has 0 saturated heterocycles. The zero-order valence-corrected chi connectivity index (χ0v) is 15.9. The number of phosphoric ester groups is 1. The molecule has 0 amide bonds. The molecule has 0 saturated carbocycles. The van der Waals surface area contributed by atoms with Gasteiger partial charge in [0.1, 0.15) is 5.69 Å². The van der Waals surface area contributed by atoms with Crippen molar-refractivity contribution in [1.29, 1.82) is 0 Å². The molecular formula is C8H12N3O14P3. The molecule has 0 aliphatic heterocycles. The van der Waals surface area contributed by atoms with E-state index in [4.69, 9.17) is 14.7 Å². The number of nitrogens with one attached hydrogen (secondary N) is 1. The lowest BCUT2D eigenvalue weighted by molar-refractivity contribution is -0.393. The minimum atomic E-state index is -5.65. The monoisotopic (exact) mass is 467 g/mol. The summed E-state index contributed by atoms with van der Waals surface area (Å²) < 4.78 is 44.3. The van der Waals surface area contributed by atoms with Gasteiger partial charge in [-0.15, -0.1) is 0 Å². The number of rotatable bonds is 11. The topological polar surface area (TPSA) is 258 Å². The van der Waals surface area contributed by atoms with Crippen molar-refractivity contribution < 1.29 is 56.3 Å². The van der Waals surface area contributed by atoms with Gasteiger partial charge in [-0.3, -0.25) is 24.8 Å². The summed E-state index contributed by atoms with van der Waals surface area (Å²) in [6.07, 6.45) is 0. The number of nitrogens with zero attached hydrogens (tertiary/aromatic N) is 2. The van der Waals surface area contributed by atoms with E-state index in [1.54, 1.807) is 0 Å². The second-order valence-electron chi connectivity index (χ2n) is 4.57. The van der Waals surface area contributed by atoms with E-state index in [1.807, 2.05) is 0 Å². The second-order valence-corrected chi connectivity index (χ2v) is 8.99. The highest BCUT2D eigenvalue weighted by Crippen LogP contribution is 2.66. The van der Waals surface area contributed by atoms with E-state index in [1.165, 1.54) is 0 Å². The van der Waals surface area contributed by atoms with Gasteiger partial charge in [0, 0.05) is 12.6 Å². The summed E-state index contributed by atoms with van der Waals surface area (Å²) in [5, 5.41) is 23.9. The number of phosphoric acid groups is 3. The van der Waals surface area contributed by atoms with Crippen LogP contribution in [-0.4, -0.2) is 42.6 Å². The van der Waals surface area contributed by atoms with Crippen LogP contribution in [0.5, 0.6) is 0 Å². The lowest BCUT2D eigenvalue weighted by Crippen LogP contribution is -2.10. The lowest BCUT2D eigenvalue weighted by Gasteiger charge is -2.16. The van der Waals surface area contributed by atoms with Gasteiger partial charge in [0.05, 0.1) is 22.5 Å². The van der Waals surface area contributed by atoms with Crippen LogP contribution in [0, 0.1) is 20.2 Å². The second kappa shape index (κ2) is 9.15. The molecule has 1 aromatic carbocycles. The Labute approximate surface area is 154 Å². The number of anilines is 1. The van der Waals surface area contributed by atoms with Crippen molar-refractivity contribution in [2.24, 2.45) is 0 Å². The van der Waals surface area contributed by atoms with Crippen LogP contribution in [-0.2, 0) is 26.8 Å². The smallest absolute Gasteiger partial charge is 0.377 e. The Kier molecular flexibility index (Phi) is 7.93. The van der Waals surface area contributed by atoms with Crippen LogP contribution in [0.1, 0.15) is 0 Å². The van der Waals surface area contributed by atoms with Gasteiger partial charge >= 0.3 is 23.5 Å². The molecule has 0 fully saturated rings. The van der Waals surface area contributed by atoms with Crippen LogP contribution < -0.4 is 5.32 Å². The van der Waals surface area contributed by atoms with Crippen molar-refractivity contribution in [1.82, 2.24) is 0 Å². The molecule has 0 heterocycles. The summed E-state index contributed by atoms with van der Waals surface area (Å²) in [5.74, 6) is 0. The summed E-state index contributed by atoms with van der Waals surface area (Å²) in [5.41, 5.74) is -1.43. The molecule has 158 valence electrons. The van der Waals surface area contributed by atoms with Crippen molar-refractivity contribution in [3.8, 4) is 0 Å². The van der Waals surface area contributed by atoms with Crippen molar-refractivity contribution in [2.45, 2.75) is 0 Å². The van der Waals surface area contributed by atoms with E-state index >= 15 is 0 Å².